The van der Waals surface area contributed by atoms with Gasteiger partial charge < -0.3 is 15.7 Å². The van der Waals surface area contributed by atoms with E-state index in [4.69, 9.17) is 5.11 Å². The van der Waals surface area contributed by atoms with Gasteiger partial charge in [-0.25, -0.2) is 0 Å². The van der Waals surface area contributed by atoms with Crippen molar-refractivity contribution in [2.45, 2.75) is 32.2 Å². The molecule has 0 bridgehead atoms. The summed E-state index contributed by atoms with van der Waals surface area (Å²) >= 11 is 0. The Hall–Kier alpha value is -1.10. The van der Waals surface area contributed by atoms with E-state index < -0.39 is 5.97 Å². The number of carbonyl (C=O) groups excluding carboxylic acids is 1. The van der Waals surface area contributed by atoms with E-state index in [2.05, 4.69) is 10.6 Å². The first-order chi connectivity index (χ1) is 7.09. The fourth-order valence-corrected chi connectivity index (χ4v) is 1.75. The summed E-state index contributed by atoms with van der Waals surface area (Å²) in [6, 6.07) is -0.295. The second-order valence-electron chi connectivity index (χ2n) is 4.05. The molecule has 0 aromatic carbocycles. The Kier molecular flexibility index (Phi) is 4.55. The zero-order chi connectivity index (χ0) is 11.3. The van der Waals surface area contributed by atoms with Crippen molar-refractivity contribution in [2.75, 3.05) is 13.1 Å². The SMILES string of the molecule is CC(CC(=O)O)NC(=O)[C@H]1CCCNC1. The lowest BCUT2D eigenvalue weighted by Crippen LogP contribution is -2.44. The van der Waals surface area contributed by atoms with E-state index in [1.54, 1.807) is 6.92 Å². The number of piperidine rings is 1. The van der Waals surface area contributed by atoms with Crippen LogP contribution in [0.3, 0.4) is 0 Å². The third kappa shape index (κ3) is 4.29. The molecule has 5 nitrogen and oxygen atoms in total. The summed E-state index contributed by atoms with van der Waals surface area (Å²) in [6.45, 7) is 3.38. The smallest absolute Gasteiger partial charge is 0.305 e. The molecule has 1 unspecified atom stereocenters. The molecule has 1 aliphatic rings. The Bertz CT molecular complexity index is 237. The lowest BCUT2D eigenvalue weighted by Gasteiger charge is -2.23. The van der Waals surface area contributed by atoms with E-state index in [-0.39, 0.29) is 24.3 Å². The molecular formula is C10H18N2O3. The molecule has 3 N–H and O–H groups in total. The molecular weight excluding hydrogens is 196 g/mol. The van der Waals surface area contributed by atoms with Crippen LogP contribution in [0.4, 0.5) is 0 Å². The van der Waals surface area contributed by atoms with Crippen LogP contribution in [-0.2, 0) is 9.59 Å². The molecule has 2 atom stereocenters. The second-order valence-corrected chi connectivity index (χ2v) is 4.05. The summed E-state index contributed by atoms with van der Waals surface area (Å²) < 4.78 is 0. The summed E-state index contributed by atoms with van der Waals surface area (Å²) in [5.74, 6) is -0.921. The Morgan fingerprint density at radius 2 is 2.33 bits per heavy atom. The van der Waals surface area contributed by atoms with Crippen LogP contribution < -0.4 is 10.6 Å². The van der Waals surface area contributed by atoms with Gasteiger partial charge in [-0.05, 0) is 26.3 Å². The van der Waals surface area contributed by atoms with Crippen LogP contribution in [0.1, 0.15) is 26.2 Å². The number of carboxylic acids is 1. The monoisotopic (exact) mass is 214 g/mol. The topological polar surface area (TPSA) is 78.4 Å². The Labute approximate surface area is 89.2 Å². The zero-order valence-corrected chi connectivity index (χ0v) is 8.95. The molecule has 1 saturated heterocycles. The number of carbonyl (C=O) groups is 2. The summed E-state index contributed by atoms with van der Waals surface area (Å²) in [5, 5.41) is 14.4. The first-order valence-corrected chi connectivity index (χ1v) is 5.32. The molecule has 86 valence electrons. The van der Waals surface area contributed by atoms with Crippen molar-refractivity contribution in [1.29, 1.82) is 0 Å². The predicted octanol–water partition coefficient (Wildman–Crippen LogP) is -0.0346. The van der Waals surface area contributed by atoms with Crippen molar-refractivity contribution >= 4 is 11.9 Å². The minimum Gasteiger partial charge on any atom is -0.481 e. The lowest BCUT2D eigenvalue weighted by atomic mass is 9.98. The third-order valence-electron chi connectivity index (χ3n) is 2.54. The average Bonchev–Trinajstić information content (AvgIpc) is 2.17. The van der Waals surface area contributed by atoms with Gasteiger partial charge in [0, 0.05) is 12.6 Å². The Balaban J connectivity index is 2.30. The molecule has 0 spiro atoms. The number of nitrogens with one attached hydrogen (secondary N) is 2. The van der Waals surface area contributed by atoms with E-state index in [1.807, 2.05) is 0 Å². The molecule has 1 aliphatic heterocycles. The standard InChI is InChI=1S/C10H18N2O3/c1-7(5-9(13)14)12-10(15)8-3-2-4-11-6-8/h7-8,11H,2-6H2,1H3,(H,12,15)(H,13,14)/t7?,8-/m0/s1. The van der Waals surface area contributed by atoms with Gasteiger partial charge in [-0.15, -0.1) is 0 Å². The van der Waals surface area contributed by atoms with Crippen molar-refractivity contribution in [2.24, 2.45) is 5.92 Å². The van der Waals surface area contributed by atoms with Gasteiger partial charge in [0.15, 0.2) is 0 Å². The van der Waals surface area contributed by atoms with Gasteiger partial charge in [0.2, 0.25) is 5.91 Å². The van der Waals surface area contributed by atoms with E-state index in [0.717, 1.165) is 19.4 Å². The molecule has 1 amide bonds. The van der Waals surface area contributed by atoms with Gasteiger partial charge in [-0.1, -0.05) is 0 Å². The highest BCUT2D eigenvalue weighted by Crippen LogP contribution is 2.10. The molecule has 0 radical (unpaired) electrons. The summed E-state index contributed by atoms with van der Waals surface area (Å²) in [6.07, 6.45) is 1.87. The van der Waals surface area contributed by atoms with Crippen LogP contribution in [0.5, 0.6) is 0 Å². The number of aliphatic carboxylic acids is 1. The van der Waals surface area contributed by atoms with Crippen LogP contribution in [0.15, 0.2) is 0 Å². The number of hydrogen-bond acceptors (Lipinski definition) is 3. The minimum atomic E-state index is -0.885. The highest BCUT2D eigenvalue weighted by atomic mass is 16.4. The molecule has 1 fully saturated rings. The molecule has 0 aliphatic carbocycles. The molecule has 0 aromatic rings. The fourth-order valence-electron chi connectivity index (χ4n) is 1.75. The Morgan fingerprint density at radius 3 is 2.87 bits per heavy atom. The molecule has 1 heterocycles. The van der Waals surface area contributed by atoms with Gasteiger partial charge in [0.25, 0.3) is 0 Å². The molecule has 0 saturated carbocycles. The minimum absolute atomic E-state index is 0.00463. The van der Waals surface area contributed by atoms with Gasteiger partial charge in [0.1, 0.15) is 0 Å². The largest absolute Gasteiger partial charge is 0.481 e. The maximum Gasteiger partial charge on any atom is 0.305 e. The predicted molar refractivity (Wildman–Crippen MR) is 55.5 cm³/mol. The molecule has 15 heavy (non-hydrogen) atoms. The van der Waals surface area contributed by atoms with Crippen LogP contribution in [0.2, 0.25) is 0 Å². The number of carboxylic acid groups (broad SMARTS) is 1. The van der Waals surface area contributed by atoms with Crippen LogP contribution >= 0.6 is 0 Å². The van der Waals surface area contributed by atoms with Crippen molar-refractivity contribution in [1.82, 2.24) is 10.6 Å². The average molecular weight is 214 g/mol. The van der Waals surface area contributed by atoms with Gasteiger partial charge in [0.05, 0.1) is 12.3 Å². The zero-order valence-electron chi connectivity index (χ0n) is 8.95. The summed E-state index contributed by atoms with van der Waals surface area (Å²) in [5.41, 5.74) is 0. The highest BCUT2D eigenvalue weighted by Gasteiger charge is 2.22. The van der Waals surface area contributed by atoms with Crippen molar-refractivity contribution in [3.63, 3.8) is 0 Å². The first kappa shape index (κ1) is 12.0. The van der Waals surface area contributed by atoms with Crippen molar-refractivity contribution in [3.8, 4) is 0 Å². The van der Waals surface area contributed by atoms with E-state index in [9.17, 15) is 9.59 Å². The van der Waals surface area contributed by atoms with E-state index in [0.29, 0.717) is 6.54 Å². The van der Waals surface area contributed by atoms with Crippen LogP contribution in [0.25, 0.3) is 0 Å². The van der Waals surface area contributed by atoms with Gasteiger partial charge >= 0.3 is 5.97 Å². The van der Waals surface area contributed by atoms with E-state index >= 15 is 0 Å². The quantitative estimate of drug-likeness (QED) is 0.614. The van der Waals surface area contributed by atoms with Crippen LogP contribution in [-0.4, -0.2) is 36.1 Å². The maximum atomic E-state index is 11.6. The first-order valence-electron chi connectivity index (χ1n) is 5.32. The van der Waals surface area contributed by atoms with Crippen molar-refractivity contribution < 1.29 is 14.7 Å². The normalized spacial score (nSPS) is 23.1. The number of hydrogen-bond donors (Lipinski definition) is 3. The number of amides is 1. The molecule has 0 aromatic heterocycles. The third-order valence-corrected chi connectivity index (χ3v) is 2.54. The molecule has 5 heteroatoms. The van der Waals surface area contributed by atoms with E-state index in [1.165, 1.54) is 0 Å². The summed E-state index contributed by atoms with van der Waals surface area (Å²) in [7, 11) is 0. The van der Waals surface area contributed by atoms with Gasteiger partial charge in [-0.2, -0.15) is 0 Å². The second kappa shape index (κ2) is 5.70. The number of rotatable bonds is 4. The lowest BCUT2D eigenvalue weighted by molar-refractivity contribution is -0.137. The summed E-state index contributed by atoms with van der Waals surface area (Å²) in [4.78, 5) is 22.0. The fraction of sp³-hybridized carbons (Fsp3) is 0.800. The highest BCUT2D eigenvalue weighted by molar-refractivity contribution is 5.80. The Morgan fingerprint density at radius 1 is 1.60 bits per heavy atom. The van der Waals surface area contributed by atoms with Gasteiger partial charge in [-0.3, -0.25) is 9.59 Å². The van der Waals surface area contributed by atoms with Crippen molar-refractivity contribution in [3.05, 3.63) is 0 Å². The maximum absolute atomic E-state index is 11.6. The molecule has 1 rings (SSSR count). The van der Waals surface area contributed by atoms with Crippen LogP contribution in [0, 0.1) is 5.92 Å².